The van der Waals surface area contributed by atoms with Gasteiger partial charge in [-0.1, -0.05) is 36.1 Å². The number of nitrogens with zero attached hydrogens (tertiary/aromatic N) is 2. The highest BCUT2D eigenvalue weighted by atomic mass is 32.2. The third-order valence-electron chi connectivity index (χ3n) is 3.90. The van der Waals surface area contributed by atoms with Crippen LogP contribution < -0.4 is 4.90 Å². The predicted octanol–water partition coefficient (Wildman–Crippen LogP) is 3.81. The van der Waals surface area contributed by atoms with Gasteiger partial charge in [-0.3, -0.25) is 9.69 Å². The van der Waals surface area contributed by atoms with Gasteiger partial charge >= 0.3 is 0 Å². The highest BCUT2D eigenvalue weighted by Gasteiger charge is 2.31. The van der Waals surface area contributed by atoms with Crippen molar-refractivity contribution in [1.29, 1.82) is 0 Å². The maximum Gasteiger partial charge on any atom is 0.266 e. The molecule has 2 aliphatic rings. The molecule has 3 nitrogen and oxygen atoms in total. The van der Waals surface area contributed by atoms with E-state index in [2.05, 4.69) is 11.5 Å². The summed E-state index contributed by atoms with van der Waals surface area (Å²) >= 11 is 6.43. The Morgan fingerprint density at radius 1 is 1.35 bits per heavy atom. The van der Waals surface area contributed by atoms with Crippen molar-refractivity contribution < 1.29 is 9.18 Å². The third kappa shape index (κ3) is 3.33. The van der Waals surface area contributed by atoms with Crippen molar-refractivity contribution in [2.24, 2.45) is 0 Å². The van der Waals surface area contributed by atoms with Gasteiger partial charge in [0.15, 0.2) is 0 Å². The van der Waals surface area contributed by atoms with Crippen molar-refractivity contribution in [3.63, 3.8) is 0 Å². The van der Waals surface area contributed by atoms with Crippen LogP contribution in [-0.4, -0.2) is 34.8 Å². The molecule has 0 saturated carbocycles. The van der Waals surface area contributed by atoms with Gasteiger partial charge in [0, 0.05) is 19.6 Å². The van der Waals surface area contributed by atoms with Crippen molar-refractivity contribution in [3.05, 3.63) is 47.1 Å². The van der Waals surface area contributed by atoms with Crippen LogP contribution in [0.4, 0.5) is 10.1 Å². The summed E-state index contributed by atoms with van der Waals surface area (Å²) in [5, 5.41) is 0. The summed E-state index contributed by atoms with van der Waals surface area (Å²) in [6.45, 7) is 5.82. The molecule has 2 aliphatic heterocycles. The molecule has 0 aliphatic carbocycles. The number of amides is 1. The van der Waals surface area contributed by atoms with Crippen molar-refractivity contribution in [3.8, 4) is 0 Å². The molecule has 1 aromatic rings. The molecule has 0 atom stereocenters. The number of thioether (sulfide) groups is 1. The molecule has 2 fully saturated rings. The Kier molecular flexibility index (Phi) is 4.82. The second-order valence-electron chi connectivity index (χ2n) is 5.49. The first-order valence-electron chi connectivity index (χ1n) is 7.51. The van der Waals surface area contributed by atoms with E-state index in [0.717, 1.165) is 25.9 Å². The largest absolute Gasteiger partial charge is 0.369 e. The third-order valence-corrected chi connectivity index (χ3v) is 5.28. The lowest BCUT2D eigenvalue weighted by atomic mass is 10.1. The molecule has 1 aromatic carbocycles. The summed E-state index contributed by atoms with van der Waals surface area (Å²) < 4.78 is 14.8. The van der Waals surface area contributed by atoms with Crippen molar-refractivity contribution in [2.45, 2.75) is 12.8 Å². The number of benzene rings is 1. The summed E-state index contributed by atoms with van der Waals surface area (Å²) in [7, 11) is 0. The first kappa shape index (κ1) is 16.2. The van der Waals surface area contributed by atoms with Crippen molar-refractivity contribution in [2.75, 3.05) is 24.5 Å². The minimum Gasteiger partial charge on any atom is -0.369 e. The van der Waals surface area contributed by atoms with E-state index in [4.69, 9.17) is 12.2 Å². The molecule has 23 heavy (non-hydrogen) atoms. The number of halogens is 1. The number of carbonyl (C=O) groups excluding carboxylic acids is 1. The minimum atomic E-state index is -0.248. The van der Waals surface area contributed by atoms with Gasteiger partial charge in [-0.25, -0.2) is 4.39 Å². The van der Waals surface area contributed by atoms with Crippen LogP contribution in [0.5, 0.6) is 0 Å². The molecule has 0 N–H and O–H groups in total. The summed E-state index contributed by atoms with van der Waals surface area (Å²) in [6.07, 6.45) is 5.54. The molecule has 2 heterocycles. The van der Waals surface area contributed by atoms with Gasteiger partial charge in [0.05, 0.1) is 10.6 Å². The van der Waals surface area contributed by atoms with E-state index in [1.807, 2.05) is 6.07 Å². The van der Waals surface area contributed by atoms with Crippen LogP contribution in [0.3, 0.4) is 0 Å². The first-order valence-corrected chi connectivity index (χ1v) is 8.73. The SMILES string of the molecule is C=CCN1C(=O)/C(=C/c2ccc(N3CCCC3)c(F)c2)SC1=S. The molecule has 1 amide bonds. The Morgan fingerprint density at radius 3 is 2.74 bits per heavy atom. The van der Waals surface area contributed by atoms with Crippen LogP contribution in [0.2, 0.25) is 0 Å². The fourth-order valence-electron chi connectivity index (χ4n) is 2.77. The van der Waals surface area contributed by atoms with E-state index in [0.29, 0.717) is 27.0 Å². The van der Waals surface area contributed by atoms with E-state index < -0.39 is 0 Å². The average molecular weight is 348 g/mol. The summed E-state index contributed by atoms with van der Waals surface area (Å²) in [5.41, 5.74) is 1.31. The second kappa shape index (κ2) is 6.84. The number of hydrogen-bond donors (Lipinski definition) is 0. The van der Waals surface area contributed by atoms with Gasteiger partial charge in [0.2, 0.25) is 0 Å². The summed E-state index contributed by atoms with van der Waals surface area (Å²) in [4.78, 5) is 16.3. The van der Waals surface area contributed by atoms with Crippen LogP contribution in [0, 0.1) is 5.82 Å². The molecule has 2 saturated heterocycles. The molecule has 120 valence electrons. The van der Waals surface area contributed by atoms with Crippen LogP contribution >= 0.6 is 24.0 Å². The van der Waals surface area contributed by atoms with Gasteiger partial charge in [0.1, 0.15) is 10.1 Å². The molecule has 0 spiro atoms. The fourth-order valence-corrected chi connectivity index (χ4v) is 4.04. The van der Waals surface area contributed by atoms with E-state index in [1.54, 1.807) is 18.2 Å². The van der Waals surface area contributed by atoms with Crippen molar-refractivity contribution in [1.82, 2.24) is 4.90 Å². The quantitative estimate of drug-likeness (QED) is 0.469. The Labute approximate surface area is 144 Å². The van der Waals surface area contributed by atoms with Gasteiger partial charge in [-0.15, -0.1) is 6.58 Å². The standard InChI is InChI=1S/C17H17FN2OS2/c1-2-7-20-16(21)15(23-17(20)22)11-12-5-6-14(13(18)10-12)19-8-3-4-9-19/h2,5-6,10-11H,1,3-4,7-9H2/b15-11-. The minimum absolute atomic E-state index is 0.149. The van der Waals surface area contributed by atoms with Crippen LogP contribution in [0.15, 0.2) is 35.8 Å². The van der Waals surface area contributed by atoms with Crippen LogP contribution in [0.25, 0.3) is 6.08 Å². The monoisotopic (exact) mass is 348 g/mol. The molecule has 0 aromatic heterocycles. The number of anilines is 1. The molecule has 0 radical (unpaired) electrons. The highest BCUT2D eigenvalue weighted by Crippen LogP contribution is 2.33. The zero-order valence-corrected chi connectivity index (χ0v) is 14.3. The van der Waals surface area contributed by atoms with Crippen LogP contribution in [-0.2, 0) is 4.79 Å². The van der Waals surface area contributed by atoms with E-state index in [9.17, 15) is 9.18 Å². The molecular weight excluding hydrogens is 331 g/mol. The highest BCUT2D eigenvalue weighted by molar-refractivity contribution is 8.26. The normalized spacial score (nSPS) is 20.0. The zero-order chi connectivity index (χ0) is 16.4. The second-order valence-corrected chi connectivity index (χ2v) is 7.16. The Balaban J connectivity index is 1.82. The lowest BCUT2D eigenvalue weighted by molar-refractivity contribution is -0.121. The van der Waals surface area contributed by atoms with Gasteiger partial charge < -0.3 is 4.90 Å². The molecule has 0 bridgehead atoms. The number of hydrogen-bond acceptors (Lipinski definition) is 4. The van der Waals surface area contributed by atoms with E-state index in [1.165, 1.54) is 22.7 Å². The molecular formula is C17H17FN2OS2. The average Bonchev–Trinajstić information content (AvgIpc) is 3.13. The molecule has 3 rings (SSSR count). The van der Waals surface area contributed by atoms with E-state index >= 15 is 0 Å². The smallest absolute Gasteiger partial charge is 0.266 e. The first-order chi connectivity index (χ1) is 11.1. The van der Waals surface area contributed by atoms with E-state index in [-0.39, 0.29) is 11.7 Å². The van der Waals surface area contributed by atoms with Gasteiger partial charge in [0.25, 0.3) is 5.91 Å². The Morgan fingerprint density at radius 2 is 2.09 bits per heavy atom. The number of carbonyl (C=O) groups is 1. The lowest BCUT2D eigenvalue weighted by Gasteiger charge is -2.18. The maximum absolute atomic E-state index is 14.3. The lowest BCUT2D eigenvalue weighted by Crippen LogP contribution is -2.27. The fraction of sp³-hybridized carbons (Fsp3) is 0.294. The van der Waals surface area contributed by atoms with Gasteiger partial charge in [-0.2, -0.15) is 0 Å². The summed E-state index contributed by atoms with van der Waals surface area (Å²) in [5.74, 6) is -0.397. The zero-order valence-electron chi connectivity index (χ0n) is 12.6. The molecule has 0 unspecified atom stereocenters. The predicted molar refractivity (Wildman–Crippen MR) is 97.9 cm³/mol. The number of rotatable bonds is 4. The molecule has 6 heteroatoms. The summed E-state index contributed by atoms with van der Waals surface area (Å²) in [6, 6.07) is 5.11. The van der Waals surface area contributed by atoms with Gasteiger partial charge in [-0.05, 0) is 36.6 Å². The Bertz CT molecular complexity index is 696. The van der Waals surface area contributed by atoms with Crippen LogP contribution in [0.1, 0.15) is 18.4 Å². The Hall–Kier alpha value is -1.66. The number of thiocarbonyl (C=S) groups is 1. The maximum atomic E-state index is 14.3. The topological polar surface area (TPSA) is 23.6 Å². The van der Waals surface area contributed by atoms with Crippen molar-refractivity contribution >= 4 is 46.0 Å².